The second kappa shape index (κ2) is 12.5. The Morgan fingerprint density at radius 2 is 1.14 bits per heavy atom. The number of carbonyl (C=O) groups is 2. The Kier molecular flexibility index (Phi) is 17.1. The van der Waals surface area contributed by atoms with Crippen LogP contribution in [-0.2, 0) is 19.1 Å². The molecule has 0 aliphatic rings. The average molecular weight is 247 g/mol. The minimum Gasteiger partial charge on any atom is -0.469 e. The first-order valence-corrected chi connectivity index (χ1v) is 3.84. The van der Waals surface area contributed by atoms with Crippen LogP contribution in [0.15, 0.2) is 0 Å². The molecule has 0 N–H and O–H groups in total. The molecule has 0 aromatic rings. The number of halogens is 2. The number of unbranched alkanes of at least 4 members (excludes halogenated alkanes) is 1. The quantitative estimate of drug-likeness (QED) is 0.548. The molecule has 0 heterocycles. The van der Waals surface area contributed by atoms with Gasteiger partial charge in [0.05, 0.1) is 14.2 Å². The highest BCUT2D eigenvalue weighted by Gasteiger charge is 2.02. The Morgan fingerprint density at radius 3 is 1.36 bits per heavy atom. The standard InChI is InChI=1S/C8H14O4.2ClH/c1-11-7(9)5-3-4-6-8(10)12-2;;/h3-6H2,1-2H3;2*1H. The third-order valence-electron chi connectivity index (χ3n) is 1.47. The molecule has 0 aliphatic carbocycles. The molecule has 0 aromatic heterocycles. The highest BCUT2D eigenvalue weighted by Crippen LogP contribution is 2.01. The van der Waals surface area contributed by atoms with Gasteiger partial charge in [0.2, 0.25) is 0 Å². The minimum atomic E-state index is -0.236. The minimum absolute atomic E-state index is 0. The van der Waals surface area contributed by atoms with Crippen LogP contribution in [0.2, 0.25) is 0 Å². The summed E-state index contributed by atoms with van der Waals surface area (Å²) in [6, 6.07) is 0. The highest BCUT2D eigenvalue weighted by atomic mass is 35.5. The molecule has 0 amide bonds. The fourth-order valence-electron chi connectivity index (χ4n) is 0.743. The summed E-state index contributed by atoms with van der Waals surface area (Å²) in [6.45, 7) is 0. The van der Waals surface area contributed by atoms with Gasteiger partial charge < -0.3 is 9.47 Å². The van der Waals surface area contributed by atoms with E-state index in [1.54, 1.807) is 0 Å². The zero-order valence-corrected chi connectivity index (χ0v) is 9.91. The Balaban J connectivity index is -0.000000605. The molecular formula is C8H16Cl2O4. The van der Waals surface area contributed by atoms with Gasteiger partial charge in [0.15, 0.2) is 0 Å². The van der Waals surface area contributed by atoms with Crippen molar-refractivity contribution in [1.82, 2.24) is 0 Å². The van der Waals surface area contributed by atoms with Crippen molar-refractivity contribution in [1.29, 1.82) is 0 Å². The van der Waals surface area contributed by atoms with Crippen molar-refractivity contribution in [2.75, 3.05) is 14.2 Å². The largest absolute Gasteiger partial charge is 0.469 e. The Bertz CT molecular complexity index is 143. The molecule has 0 aromatic carbocycles. The summed E-state index contributed by atoms with van der Waals surface area (Å²) in [5.74, 6) is -0.472. The van der Waals surface area contributed by atoms with Crippen LogP contribution in [0.25, 0.3) is 0 Å². The van der Waals surface area contributed by atoms with Gasteiger partial charge in [-0.2, -0.15) is 0 Å². The van der Waals surface area contributed by atoms with Crippen molar-refractivity contribution < 1.29 is 19.1 Å². The van der Waals surface area contributed by atoms with Crippen LogP contribution in [0.1, 0.15) is 25.7 Å². The lowest BCUT2D eigenvalue weighted by Gasteiger charge is -1.98. The predicted octanol–water partition coefficient (Wildman–Crippen LogP) is 1.74. The molecule has 0 atom stereocenters. The molecule has 0 fully saturated rings. The monoisotopic (exact) mass is 246 g/mol. The van der Waals surface area contributed by atoms with E-state index in [-0.39, 0.29) is 36.8 Å². The fourth-order valence-corrected chi connectivity index (χ4v) is 0.743. The number of methoxy groups -OCH3 is 2. The molecule has 0 spiro atoms. The van der Waals surface area contributed by atoms with E-state index >= 15 is 0 Å². The molecule has 14 heavy (non-hydrogen) atoms. The molecule has 0 saturated carbocycles. The summed E-state index contributed by atoms with van der Waals surface area (Å²) in [4.78, 5) is 21.2. The predicted molar refractivity (Wildman–Crippen MR) is 57.0 cm³/mol. The number of esters is 2. The van der Waals surface area contributed by atoms with Crippen LogP contribution in [0.3, 0.4) is 0 Å². The van der Waals surface area contributed by atoms with E-state index in [1.165, 1.54) is 14.2 Å². The number of hydrogen-bond acceptors (Lipinski definition) is 4. The van der Waals surface area contributed by atoms with E-state index in [1.807, 2.05) is 0 Å². The second-order valence-corrected chi connectivity index (χ2v) is 2.36. The number of carbonyl (C=O) groups excluding carboxylic acids is 2. The van der Waals surface area contributed by atoms with Crippen LogP contribution in [0, 0.1) is 0 Å². The first kappa shape index (κ1) is 19.1. The van der Waals surface area contributed by atoms with Gasteiger partial charge in [0, 0.05) is 12.8 Å². The highest BCUT2D eigenvalue weighted by molar-refractivity contribution is 5.85. The number of hydrogen-bond donors (Lipinski definition) is 0. The van der Waals surface area contributed by atoms with Crippen molar-refractivity contribution >= 4 is 36.8 Å². The van der Waals surface area contributed by atoms with Crippen LogP contribution >= 0.6 is 24.8 Å². The van der Waals surface area contributed by atoms with Crippen LogP contribution in [0.5, 0.6) is 0 Å². The lowest BCUT2D eigenvalue weighted by molar-refractivity contribution is -0.142. The van der Waals surface area contributed by atoms with Gasteiger partial charge in [-0.1, -0.05) is 0 Å². The van der Waals surface area contributed by atoms with Gasteiger partial charge in [-0.25, -0.2) is 0 Å². The topological polar surface area (TPSA) is 52.6 Å². The maximum absolute atomic E-state index is 10.6. The van der Waals surface area contributed by atoms with Gasteiger partial charge in [-0.15, -0.1) is 24.8 Å². The van der Waals surface area contributed by atoms with Gasteiger partial charge in [-0.3, -0.25) is 9.59 Å². The molecule has 0 aliphatic heterocycles. The normalized spacial score (nSPS) is 7.86. The molecule has 6 heteroatoms. The van der Waals surface area contributed by atoms with Crippen LogP contribution in [-0.4, -0.2) is 26.2 Å². The zero-order valence-electron chi connectivity index (χ0n) is 8.28. The van der Waals surface area contributed by atoms with E-state index in [0.29, 0.717) is 25.7 Å². The molecule has 0 saturated heterocycles. The smallest absolute Gasteiger partial charge is 0.305 e. The van der Waals surface area contributed by atoms with E-state index in [0.717, 1.165) is 0 Å². The van der Waals surface area contributed by atoms with Crippen molar-refractivity contribution in [2.24, 2.45) is 0 Å². The number of ether oxygens (including phenoxy) is 2. The third kappa shape index (κ3) is 11.5. The molecule has 4 nitrogen and oxygen atoms in total. The lowest BCUT2D eigenvalue weighted by atomic mass is 10.2. The van der Waals surface area contributed by atoms with Gasteiger partial charge in [-0.05, 0) is 12.8 Å². The van der Waals surface area contributed by atoms with E-state index in [9.17, 15) is 9.59 Å². The first-order valence-electron chi connectivity index (χ1n) is 3.84. The molecular weight excluding hydrogens is 231 g/mol. The summed E-state index contributed by atoms with van der Waals surface area (Å²) in [5, 5.41) is 0. The maximum Gasteiger partial charge on any atom is 0.305 e. The van der Waals surface area contributed by atoms with Gasteiger partial charge in [0.1, 0.15) is 0 Å². The molecule has 0 bridgehead atoms. The Hall–Kier alpha value is -0.480. The maximum atomic E-state index is 10.6. The molecule has 0 rings (SSSR count). The summed E-state index contributed by atoms with van der Waals surface area (Å²) < 4.78 is 8.86. The average Bonchev–Trinajstić information content (AvgIpc) is 2.11. The van der Waals surface area contributed by atoms with Crippen molar-refractivity contribution in [2.45, 2.75) is 25.7 Å². The first-order chi connectivity index (χ1) is 5.70. The SMILES string of the molecule is COC(=O)CCCCC(=O)OC.Cl.Cl. The van der Waals surface area contributed by atoms with Crippen LogP contribution in [0.4, 0.5) is 0 Å². The Labute approximate surface area is 96.2 Å². The van der Waals surface area contributed by atoms with E-state index < -0.39 is 0 Å². The summed E-state index contributed by atoms with van der Waals surface area (Å²) >= 11 is 0. The summed E-state index contributed by atoms with van der Waals surface area (Å²) in [7, 11) is 2.70. The number of rotatable bonds is 5. The molecule has 0 radical (unpaired) electrons. The lowest BCUT2D eigenvalue weighted by Crippen LogP contribution is -2.02. The van der Waals surface area contributed by atoms with E-state index in [4.69, 9.17) is 0 Å². The van der Waals surface area contributed by atoms with E-state index in [2.05, 4.69) is 9.47 Å². The summed E-state index contributed by atoms with van der Waals surface area (Å²) in [5.41, 5.74) is 0. The third-order valence-corrected chi connectivity index (χ3v) is 1.47. The molecule has 0 unspecified atom stereocenters. The van der Waals surface area contributed by atoms with Gasteiger partial charge >= 0.3 is 11.9 Å². The summed E-state index contributed by atoms with van der Waals surface area (Å²) in [6.07, 6.45) is 2.07. The second-order valence-electron chi connectivity index (χ2n) is 2.36. The fraction of sp³-hybridized carbons (Fsp3) is 0.750. The Morgan fingerprint density at radius 1 is 0.857 bits per heavy atom. The zero-order chi connectivity index (χ0) is 9.40. The van der Waals surface area contributed by atoms with Crippen molar-refractivity contribution in [3.05, 3.63) is 0 Å². The molecule has 86 valence electrons. The van der Waals surface area contributed by atoms with Crippen LogP contribution < -0.4 is 0 Å². The van der Waals surface area contributed by atoms with Crippen molar-refractivity contribution in [3.63, 3.8) is 0 Å². The van der Waals surface area contributed by atoms with Gasteiger partial charge in [0.25, 0.3) is 0 Å². The van der Waals surface area contributed by atoms with Crippen molar-refractivity contribution in [3.8, 4) is 0 Å².